The van der Waals surface area contributed by atoms with Crippen molar-refractivity contribution in [1.82, 2.24) is 10.6 Å². The molecule has 0 heterocycles. The molecule has 16 heavy (non-hydrogen) atoms. The number of amides is 2. The van der Waals surface area contributed by atoms with E-state index >= 15 is 0 Å². The van der Waals surface area contributed by atoms with Gasteiger partial charge in [0.1, 0.15) is 0 Å². The zero-order valence-electron chi connectivity index (χ0n) is 9.32. The zero-order valence-corrected chi connectivity index (χ0v) is 9.32. The van der Waals surface area contributed by atoms with Crippen LogP contribution < -0.4 is 10.6 Å². The molecule has 0 aromatic heterocycles. The Hall–Kier alpha value is -1.30. The van der Waals surface area contributed by atoms with Crippen molar-refractivity contribution in [2.75, 3.05) is 13.2 Å². The van der Waals surface area contributed by atoms with E-state index in [1.165, 1.54) is 0 Å². The van der Waals surface area contributed by atoms with E-state index in [2.05, 4.69) is 17.6 Å². The molecular weight excluding hydrogens is 212 g/mol. The molecule has 2 amide bonds. The number of carbonyl (C=O) groups excluding carboxylic acids is 1. The summed E-state index contributed by atoms with van der Waals surface area (Å²) in [6, 6.07) is -1.78. The van der Waals surface area contributed by atoms with Crippen LogP contribution in [-0.2, 0) is 4.79 Å². The van der Waals surface area contributed by atoms with Gasteiger partial charge in [-0.25, -0.2) is 9.59 Å². The monoisotopic (exact) mass is 230 g/mol. The Bertz CT molecular complexity index is 276. The third-order valence-corrected chi connectivity index (χ3v) is 3.12. The van der Waals surface area contributed by atoms with E-state index in [1.807, 2.05) is 0 Å². The van der Waals surface area contributed by atoms with Crippen molar-refractivity contribution in [3.63, 3.8) is 0 Å². The summed E-state index contributed by atoms with van der Waals surface area (Å²) >= 11 is 0. The summed E-state index contributed by atoms with van der Waals surface area (Å²) in [5.41, 5.74) is 0.218. The Morgan fingerprint density at radius 3 is 2.44 bits per heavy atom. The average molecular weight is 230 g/mol. The second kappa shape index (κ2) is 5.16. The normalized spacial score (nSPS) is 18.6. The number of aliphatic carboxylic acids is 1. The Labute approximate surface area is 94.0 Å². The number of nitrogens with one attached hydrogen (secondary N) is 2. The smallest absolute Gasteiger partial charge is 0.328 e. The number of rotatable bonds is 6. The summed E-state index contributed by atoms with van der Waals surface area (Å²) in [6.07, 6.45) is 3.22. The largest absolute Gasteiger partial charge is 0.480 e. The van der Waals surface area contributed by atoms with Crippen molar-refractivity contribution in [2.24, 2.45) is 5.41 Å². The predicted octanol–water partition coefficient (Wildman–Crippen LogP) is -0.0787. The maximum absolute atomic E-state index is 11.3. The van der Waals surface area contributed by atoms with Gasteiger partial charge in [0.2, 0.25) is 0 Å². The lowest BCUT2D eigenvalue weighted by atomic mass is 10.0. The lowest BCUT2D eigenvalue weighted by Crippen LogP contribution is -2.48. The van der Waals surface area contributed by atoms with E-state index < -0.39 is 24.6 Å². The van der Waals surface area contributed by atoms with E-state index in [4.69, 9.17) is 10.2 Å². The van der Waals surface area contributed by atoms with Crippen LogP contribution in [0.1, 0.15) is 26.2 Å². The number of urea groups is 1. The highest BCUT2D eigenvalue weighted by atomic mass is 16.4. The Kier molecular flexibility index (Phi) is 4.12. The van der Waals surface area contributed by atoms with Gasteiger partial charge in [0.25, 0.3) is 0 Å². The number of aliphatic hydroxyl groups is 1. The number of carboxylic acids is 1. The SMILES string of the molecule is CCC1(CNC(=O)N[C@H](CO)C(=O)O)CC1. The van der Waals surface area contributed by atoms with Gasteiger partial charge in [-0.15, -0.1) is 0 Å². The number of hydrogen-bond donors (Lipinski definition) is 4. The van der Waals surface area contributed by atoms with Crippen LogP contribution in [0.5, 0.6) is 0 Å². The maximum atomic E-state index is 11.3. The van der Waals surface area contributed by atoms with Crippen LogP contribution in [0, 0.1) is 5.41 Å². The maximum Gasteiger partial charge on any atom is 0.328 e. The summed E-state index contributed by atoms with van der Waals surface area (Å²) < 4.78 is 0. The summed E-state index contributed by atoms with van der Waals surface area (Å²) in [5, 5.41) is 22.1. The summed E-state index contributed by atoms with van der Waals surface area (Å²) in [7, 11) is 0. The zero-order chi connectivity index (χ0) is 12.2. The van der Waals surface area contributed by atoms with E-state index in [1.54, 1.807) is 0 Å². The fraction of sp³-hybridized carbons (Fsp3) is 0.800. The molecular formula is C10H18N2O4. The molecule has 0 bridgehead atoms. The van der Waals surface area contributed by atoms with Crippen molar-refractivity contribution in [3.05, 3.63) is 0 Å². The molecule has 1 aliphatic rings. The number of carboxylic acid groups (broad SMARTS) is 1. The van der Waals surface area contributed by atoms with E-state index in [-0.39, 0.29) is 5.41 Å². The molecule has 1 aliphatic carbocycles. The Morgan fingerprint density at radius 1 is 1.44 bits per heavy atom. The molecule has 6 heteroatoms. The molecule has 0 aromatic rings. The topological polar surface area (TPSA) is 98.7 Å². The Balaban J connectivity index is 2.27. The van der Waals surface area contributed by atoms with Crippen LogP contribution in [0.2, 0.25) is 0 Å². The first-order valence-electron chi connectivity index (χ1n) is 5.41. The van der Waals surface area contributed by atoms with Crippen LogP contribution in [0.25, 0.3) is 0 Å². The molecule has 4 N–H and O–H groups in total. The molecule has 1 atom stereocenters. The van der Waals surface area contributed by atoms with Crippen molar-refractivity contribution in [3.8, 4) is 0 Å². The summed E-state index contributed by atoms with van der Waals surface area (Å²) in [6.45, 7) is 2.02. The van der Waals surface area contributed by atoms with Crippen LogP contribution in [0.3, 0.4) is 0 Å². The highest BCUT2D eigenvalue weighted by Crippen LogP contribution is 2.47. The van der Waals surface area contributed by atoms with Gasteiger partial charge in [0.05, 0.1) is 6.61 Å². The van der Waals surface area contributed by atoms with Gasteiger partial charge in [-0.1, -0.05) is 6.92 Å². The minimum Gasteiger partial charge on any atom is -0.480 e. The van der Waals surface area contributed by atoms with Crippen molar-refractivity contribution in [1.29, 1.82) is 0 Å². The molecule has 0 radical (unpaired) electrons. The van der Waals surface area contributed by atoms with Crippen LogP contribution >= 0.6 is 0 Å². The highest BCUT2D eigenvalue weighted by molar-refractivity contribution is 5.82. The molecule has 0 unspecified atom stereocenters. The Morgan fingerprint density at radius 2 is 2.06 bits per heavy atom. The summed E-state index contributed by atoms with van der Waals surface area (Å²) in [5.74, 6) is -1.24. The van der Waals surface area contributed by atoms with Crippen molar-refractivity contribution in [2.45, 2.75) is 32.2 Å². The first-order valence-corrected chi connectivity index (χ1v) is 5.41. The second-order valence-electron chi connectivity index (χ2n) is 4.25. The average Bonchev–Trinajstić information content (AvgIpc) is 3.03. The van der Waals surface area contributed by atoms with Gasteiger partial charge in [-0.2, -0.15) is 0 Å². The first-order chi connectivity index (χ1) is 7.53. The van der Waals surface area contributed by atoms with Crippen LogP contribution in [0.4, 0.5) is 4.79 Å². The van der Waals surface area contributed by atoms with Crippen molar-refractivity contribution >= 4 is 12.0 Å². The predicted molar refractivity (Wildman–Crippen MR) is 57.0 cm³/mol. The molecule has 0 aromatic carbocycles. The fourth-order valence-corrected chi connectivity index (χ4v) is 1.49. The molecule has 92 valence electrons. The molecule has 1 rings (SSSR count). The van der Waals surface area contributed by atoms with Gasteiger partial charge in [0.15, 0.2) is 6.04 Å². The van der Waals surface area contributed by atoms with Gasteiger partial charge in [-0.3, -0.25) is 0 Å². The first kappa shape index (κ1) is 12.8. The minimum atomic E-state index is -1.24. The number of carbonyl (C=O) groups is 2. The van der Waals surface area contributed by atoms with Crippen LogP contribution in [0.15, 0.2) is 0 Å². The van der Waals surface area contributed by atoms with Gasteiger partial charge < -0.3 is 20.8 Å². The molecule has 6 nitrogen and oxygen atoms in total. The minimum absolute atomic E-state index is 0.218. The third-order valence-electron chi connectivity index (χ3n) is 3.12. The fourth-order valence-electron chi connectivity index (χ4n) is 1.49. The van der Waals surface area contributed by atoms with Gasteiger partial charge >= 0.3 is 12.0 Å². The quantitative estimate of drug-likeness (QED) is 0.513. The van der Waals surface area contributed by atoms with Crippen molar-refractivity contribution < 1.29 is 19.8 Å². The van der Waals surface area contributed by atoms with E-state index in [0.29, 0.717) is 6.54 Å². The van der Waals surface area contributed by atoms with Crippen LogP contribution in [-0.4, -0.2) is 41.4 Å². The molecule has 1 saturated carbocycles. The second-order valence-corrected chi connectivity index (χ2v) is 4.25. The van der Waals surface area contributed by atoms with E-state index in [0.717, 1.165) is 19.3 Å². The number of aliphatic hydroxyl groups excluding tert-OH is 1. The van der Waals surface area contributed by atoms with Gasteiger partial charge in [-0.05, 0) is 24.7 Å². The third kappa shape index (κ3) is 3.37. The molecule has 0 spiro atoms. The standard InChI is InChI=1S/C10H18N2O4/c1-2-10(3-4-10)6-11-9(16)12-7(5-13)8(14)15/h7,13H,2-6H2,1H3,(H,14,15)(H2,11,12,16)/t7-/m1/s1. The lowest BCUT2D eigenvalue weighted by molar-refractivity contribution is -0.140. The summed E-state index contributed by atoms with van der Waals surface area (Å²) in [4.78, 5) is 21.8. The molecule has 0 saturated heterocycles. The molecule has 0 aliphatic heterocycles. The number of hydrogen-bond acceptors (Lipinski definition) is 3. The van der Waals surface area contributed by atoms with E-state index in [9.17, 15) is 9.59 Å². The lowest BCUT2D eigenvalue weighted by Gasteiger charge is -2.16. The highest BCUT2D eigenvalue weighted by Gasteiger charge is 2.40. The molecule has 1 fully saturated rings. The van der Waals surface area contributed by atoms with Gasteiger partial charge in [0, 0.05) is 6.54 Å².